The third-order valence-corrected chi connectivity index (χ3v) is 2.27. The molecule has 0 heterocycles. The second kappa shape index (κ2) is 7.81. The van der Waals surface area contributed by atoms with Crippen LogP contribution in [0, 0.1) is 5.92 Å². The number of rotatable bonds is 6. The van der Waals surface area contributed by atoms with Gasteiger partial charge in [-0.25, -0.2) is 0 Å². The lowest BCUT2D eigenvalue weighted by Gasteiger charge is -2.12. The van der Waals surface area contributed by atoms with Crippen LogP contribution in [0.5, 0.6) is 0 Å². The Hall–Kier alpha value is -0.560. The topological polar surface area (TPSA) is 20.2 Å². The van der Waals surface area contributed by atoms with Crippen molar-refractivity contribution in [3.8, 4) is 0 Å². The Kier molecular flexibility index (Phi) is 7.50. The molecule has 0 fully saturated rings. The summed E-state index contributed by atoms with van der Waals surface area (Å²) in [6.07, 6.45) is 8.94. The largest absolute Gasteiger partial charge is 0.389 e. The maximum atomic E-state index is 9.53. The molecule has 0 saturated carbocycles. The van der Waals surface area contributed by atoms with Crippen molar-refractivity contribution in [1.29, 1.82) is 0 Å². The average molecular weight is 196 g/mol. The molecule has 0 amide bonds. The molecule has 0 spiro atoms. The van der Waals surface area contributed by atoms with E-state index >= 15 is 0 Å². The summed E-state index contributed by atoms with van der Waals surface area (Å²) in [6.45, 7) is 8.39. The first-order valence-corrected chi connectivity index (χ1v) is 5.50. The van der Waals surface area contributed by atoms with Crippen LogP contribution in [0.15, 0.2) is 23.8 Å². The molecule has 0 rings (SSSR count). The van der Waals surface area contributed by atoms with E-state index < -0.39 is 0 Å². The van der Waals surface area contributed by atoms with Crippen LogP contribution in [-0.2, 0) is 0 Å². The quantitative estimate of drug-likeness (QED) is 0.642. The van der Waals surface area contributed by atoms with Gasteiger partial charge < -0.3 is 5.11 Å². The number of aliphatic hydroxyl groups excluding tert-OH is 1. The van der Waals surface area contributed by atoms with Crippen molar-refractivity contribution in [1.82, 2.24) is 0 Å². The zero-order valence-corrected chi connectivity index (χ0v) is 9.96. The Balaban J connectivity index is 3.64. The predicted octanol–water partition coefficient (Wildman–Crippen LogP) is 3.70. The van der Waals surface area contributed by atoms with E-state index in [0.29, 0.717) is 5.92 Å². The van der Waals surface area contributed by atoms with Gasteiger partial charge in [-0.1, -0.05) is 30.7 Å². The van der Waals surface area contributed by atoms with Gasteiger partial charge in [0.05, 0.1) is 6.10 Å². The van der Waals surface area contributed by atoms with Crippen molar-refractivity contribution in [2.75, 3.05) is 0 Å². The van der Waals surface area contributed by atoms with Crippen LogP contribution in [0.25, 0.3) is 0 Å². The van der Waals surface area contributed by atoms with E-state index in [-0.39, 0.29) is 6.10 Å². The molecule has 0 saturated heterocycles. The summed E-state index contributed by atoms with van der Waals surface area (Å²) >= 11 is 0. The summed E-state index contributed by atoms with van der Waals surface area (Å²) in [5, 5.41) is 9.53. The first kappa shape index (κ1) is 13.4. The monoisotopic (exact) mass is 196 g/mol. The molecule has 0 aliphatic rings. The number of aliphatic hydroxyl groups is 1. The van der Waals surface area contributed by atoms with Crippen LogP contribution in [0.3, 0.4) is 0 Å². The SMILES string of the molecule is C/C=C\[C@@H](O)C[C@H](C)CCC=C(C)C. The van der Waals surface area contributed by atoms with Gasteiger partial charge in [-0.2, -0.15) is 0 Å². The Morgan fingerprint density at radius 3 is 2.50 bits per heavy atom. The molecule has 0 aromatic heterocycles. The third kappa shape index (κ3) is 8.06. The molecule has 82 valence electrons. The highest BCUT2D eigenvalue weighted by Gasteiger charge is 2.06. The van der Waals surface area contributed by atoms with Gasteiger partial charge in [-0.3, -0.25) is 0 Å². The molecule has 0 unspecified atom stereocenters. The molecule has 0 aliphatic carbocycles. The van der Waals surface area contributed by atoms with Crippen molar-refractivity contribution in [2.45, 2.75) is 53.1 Å². The summed E-state index contributed by atoms with van der Waals surface area (Å²) in [7, 11) is 0. The standard InChI is InChI=1S/C13H24O/c1-5-7-13(14)10-12(4)9-6-8-11(2)3/h5,7-8,12-14H,6,9-10H2,1-4H3/b7-5-/t12-,13-/m1/s1. The van der Waals surface area contributed by atoms with Crippen LogP contribution in [0.2, 0.25) is 0 Å². The van der Waals surface area contributed by atoms with Gasteiger partial charge in [0.1, 0.15) is 0 Å². The lowest BCUT2D eigenvalue weighted by Crippen LogP contribution is -2.08. The molecular weight excluding hydrogens is 172 g/mol. The number of allylic oxidation sites excluding steroid dienone is 3. The zero-order valence-electron chi connectivity index (χ0n) is 9.96. The minimum atomic E-state index is -0.262. The highest BCUT2D eigenvalue weighted by atomic mass is 16.3. The summed E-state index contributed by atoms with van der Waals surface area (Å²) in [5.74, 6) is 0.594. The van der Waals surface area contributed by atoms with Crippen LogP contribution >= 0.6 is 0 Å². The lowest BCUT2D eigenvalue weighted by molar-refractivity contribution is 0.188. The fourth-order valence-corrected chi connectivity index (χ4v) is 1.49. The van der Waals surface area contributed by atoms with E-state index in [1.807, 2.05) is 19.1 Å². The van der Waals surface area contributed by atoms with Gasteiger partial charge in [0.2, 0.25) is 0 Å². The normalized spacial score (nSPS) is 15.5. The van der Waals surface area contributed by atoms with Crippen molar-refractivity contribution in [3.05, 3.63) is 23.8 Å². The van der Waals surface area contributed by atoms with E-state index in [2.05, 4.69) is 26.8 Å². The van der Waals surface area contributed by atoms with Crippen molar-refractivity contribution < 1.29 is 5.11 Å². The van der Waals surface area contributed by atoms with Crippen LogP contribution in [0.1, 0.15) is 47.0 Å². The summed E-state index contributed by atoms with van der Waals surface area (Å²) in [6, 6.07) is 0. The summed E-state index contributed by atoms with van der Waals surface area (Å²) < 4.78 is 0. The maximum Gasteiger partial charge on any atom is 0.0723 e. The summed E-state index contributed by atoms with van der Waals surface area (Å²) in [5.41, 5.74) is 1.38. The van der Waals surface area contributed by atoms with Gasteiger partial charge in [0, 0.05) is 0 Å². The molecular formula is C13H24O. The number of hydrogen-bond acceptors (Lipinski definition) is 1. The van der Waals surface area contributed by atoms with Crippen LogP contribution < -0.4 is 0 Å². The maximum absolute atomic E-state index is 9.53. The van der Waals surface area contributed by atoms with Gasteiger partial charge in [-0.15, -0.1) is 0 Å². The van der Waals surface area contributed by atoms with E-state index in [4.69, 9.17) is 0 Å². The molecule has 0 aromatic rings. The summed E-state index contributed by atoms with van der Waals surface area (Å²) in [4.78, 5) is 0. The molecule has 0 aromatic carbocycles. The van der Waals surface area contributed by atoms with E-state index in [1.165, 1.54) is 12.0 Å². The smallest absolute Gasteiger partial charge is 0.0723 e. The Morgan fingerprint density at radius 1 is 1.36 bits per heavy atom. The molecule has 2 atom stereocenters. The van der Waals surface area contributed by atoms with Crippen molar-refractivity contribution >= 4 is 0 Å². The molecule has 0 aliphatic heterocycles. The van der Waals surface area contributed by atoms with E-state index in [1.54, 1.807) is 0 Å². The van der Waals surface area contributed by atoms with E-state index in [9.17, 15) is 5.11 Å². The fourth-order valence-electron chi connectivity index (χ4n) is 1.49. The first-order valence-electron chi connectivity index (χ1n) is 5.50. The fraction of sp³-hybridized carbons (Fsp3) is 0.692. The average Bonchev–Trinajstić information content (AvgIpc) is 2.03. The first-order chi connectivity index (χ1) is 6.56. The second-order valence-electron chi connectivity index (χ2n) is 4.29. The highest BCUT2D eigenvalue weighted by Crippen LogP contribution is 2.14. The lowest BCUT2D eigenvalue weighted by atomic mass is 9.97. The zero-order chi connectivity index (χ0) is 11.0. The van der Waals surface area contributed by atoms with Gasteiger partial charge in [0.25, 0.3) is 0 Å². The molecule has 1 heteroatoms. The van der Waals surface area contributed by atoms with Crippen LogP contribution in [-0.4, -0.2) is 11.2 Å². The molecule has 1 nitrogen and oxygen atoms in total. The molecule has 1 N–H and O–H groups in total. The minimum absolute atomic E-state index is 0.262. The third-order valence-electron chi connectivity index (χ3n) is 2.27. The molecule has 0 bridgehead atoms. The molecule has 0 radical (unpaired) electrons. The second-order valence-corrected chi connectivity index (χ2v) is 4.29. The highest BCUT2D eigenvalue weighted by molar-refractivity contribution is 4.93. The van der Waals surface area contributed by atoms with E-state index in [0.717, 1.165) is 12.8 Å². The molecule has 14 heavy (non-hydrogen) atoms. The Labute approximate surface area is 88.5 Å². The Bertz CT molecular complexity index is 187. The van der Waals surface area contributed by atoms with Gasteiger partial charge in [0.15, 0.2) is 0 Å². The predicted molar refractivity (Wildman–Crippen MR) is 63.3 cm³/mol. The minimum Gasteiger partial charge on any atom is -0.389 e. The van der Waals surface area contributed by atoms with Crippen LogP contribution in [0.4, 0.5) is 0 Å². The number of hydrogen-bond donors (Lipinski definition) is 1. The van der Waals surface area contributed by atoms with Crippen molar-refractivity contribution in [2.24, 2.45) is 5.92 Å². The van der Waals surface area contributed by atoms with Gasteiger partial charge >= 0.3 is 0 Å². The van der Waals surface area contributed by atoms with Gasteiger partial charge in [-0.05, 0) is 46.0 Å². The van der Waals surface area contributed by atoms with Crippen molar-refractivity contribution in [3.63, 3.8) is 0 Å². The Morgan fingerprint density at radius 2 is 2.00 bits per heavy atom.